The molecule has 128 valence electrons. The summed E-state index contributed by atoms with van der Waals surface area (Å²) >= 11 is 0. The molecule has 0 unspecified atom stereocenters. The van der Waals surface area contributed by atoms with Crippen molar-refractivity contribution >= 4 is 13.0 Å². The lowest BCUT2D eigenvalue weighted by atomic mass is 9.54. The molecule has 1 amide bonds. The first-order valence-electron chi connectivity index (χ1n) is 9.38. The fourth-order valence-electron chi connectivity index (χ4n) is 6.44. The lowest BCUT2D eigenvalue weighted by Crippen LogP contribution is -2.57. The minimum Gasteiger partial charge on any atom is -0.426 e. The summed E-state index contributed by atoms with van der Waals surface area (Å²) < 4.78 is 0. The Labute approximate surface area is 139 Å². The molecule has 4 saturated carbocycles. The number of nitrogens with zero attached hydrogens (tertiary/aromatic N) is 2. The first-order valence-corrected chi connectivity index (χ1v) is 9.38. The van der Waals surface area contributed by atoms with E-state index < -0.39 is 13.1 Å². The highest BCUT2D eigenvalue weighted by molar-refractivity contribution is 6.43. The van der Waals surface area contributed by atoms with E-state index in [1.807, 2.05) is 0 Å². The predicted molar refractivity (Wildman–Crippen MR) is 88.4 cm³/mol. The molecular weight excluding hydrogens is 291 g/mol. The molecule has 0 aromatic rings. The third-order valence-electron chi connectivity index (χ3n) is 7.03. The van der Waals surface area contributed by atoms with Gasteiger partial charge in [-0.1, -0.05) is 0 Å². The molecule has 0 spiro atoms. The summed E-state index contributed by atoms with van der Waals surface area (Å²) in [6.07, 6.45) is 8.46. The van der Waals surface area contributed by atoms with Gasteiger partial charge in [-0.3, -0.25) is 9.69 Å². The van der Waals surface area contributed by atoms with E-state index in [0.29, 0.717) is 25.6 Å². The molecule has 1 atom stereocenters. The van der Waals surface area contributed by atoms with Crippen molar-refractivity contribution in [2.45, 2.75) is 56.9 Å². The smallest absolute Gasteiger partial charge is 0.426 e. The maximum absolute atomic E-state index is 12.7. The van der Waals surface area contributed by atoms with Crippen LogP contribution in [0.15, 0.2) is 0 Å². The van der Waals surface area contributed by atoms with Crippen LogP contribution in [-0.2, 0) is 4.79 Å². The second kappa shape index (κ2) is 6.05. The largest absolute Gasteiger partial charge is 0.475 e. The van der Waals surface area contributed by atoms with Crippen LogP contribution in [0.4, 0.5) is 0 Å². The standard InChI is InChI=1S/C17H29BN2O3/c1-19(10-16(21)20-4-2-3-15(20)18(22)23)17-13-6-11-5-12(8-13)9-14(17)7-11/h11-15,17,22-23H,2-10H2,1H3/t11?,12?,13?,14?,15-,17?/m1/s1. The normalized spacial score (nSPS) is 41.8. The Hall–Kier alpha value is -0.585. The van der Waals surface area contributed by atoms with Crippen LogP contribution < -0.4 is 0 Å². The molecule has 1 saturated heterocycles. The van der Waals surface area contributed by atoms with Gasteiger partial charge in [-0.2, -0.15) is 0 Å². The fourth-order valence-corrected chi connectivity index (χ4v) is 6.44. The molecule has 2 N–H and O–H groups in total. The molecule has 0 aromatic heterocycles. The Morgan fingerprint density at radius 2 is 1.74 bits per heavy atom. The summed E-state index contributed by atoms with van der Waals surface area (Å²) in [4.78, 5) is 16.6. The van der Waals surface area contributed by atoms with E-state index in [4.69, 9.17) is 0 Å². The highest BCUT2D eigenvalue weighted by Crippen LogP contribution is 2.54. The molecule has 23 heavy (non-hydrogen) atoms. The van der Waals surface area contributed by atoms with E-state index in [1.54, 1.807) is 4.90 Å². The van der Waals surface area contributed by atoms with Gasteiger partial charge in [0.05, 0.1) is 12.5 Å². The second-order valence-corrected chi connectivity index (χ2v) is 8.55. The van der Waals surface area contributed by atoms with Crippen molar-refractivity contribution in [2.75, 3.05) is 20.1 Å². The van der Waals surface area contributed by atoms with Crippen LogP contribution in [0, 0.1) is 23.7 Å². The van der Waals surface area contributed by atoms with Crippen LogP contribution >= 0.6 is 0 Å². The number of carbonyl (C=O) groups excluding carboxylic acids is 1. The van der Waals surface area contributed by atoms with Gasteiger partial charge in [0.2, 0.25) is 5.91 Å². The number of likely N-dealkylation sites (tertiary alicyclic amines) is 1. The zero-order chi connectivity index (χ0) is 16.1. The average Bonchev–Trinajstić information content (AvgIpc) is 2.95. The van der Waals surface area contributed by atoms with E-state index in [9.17, 15) is 14.8 Å². The van der Waals surface area contributed by atoms with Crippen molar-refractivity contribution < 1.29 is 14.8 Å². The van der Waals surface area contributed by atoms with E-state index in [-0.39, 0.29) is 5.91 Å². The molecule has 5 fully saturated rings. The second-order valence-electron chi connectivity index (χ2n) is 8.55. The van der Waals surface area contributed by atoms with E-state index in [1.165, 1.54) is 32.1 Å². The van der Waals surface area contributed by atoms with Gasteiger partial charge >= 0.3 is 7.12 Å². The van der Waals surface area contributed by atoms with Gasteiger partial charge < -0.3 is 14.9 Å². The summed E-state index contributed by atoms with van der Waals surface area (Å²) in [5.74, 6) is 3.12. The Kier molecular flexibility index (Phi) is 4.18. The summed E-state index contributed by atoms with van der Waals surface area (Å²) in [5.41, 5.74) is 0. The van der Waals surface area contributed by atoms with Crippen LogP contribution in [0.2, 0.25) is 0 Å². The maximum atomic E-state index is 12.7. The van der Waals surface area contributed by atoms with Gasteiger partial charge in [0.1, 0.15) is 0 Å². The number of likely N-dealkylation sites (N-methyl/N-ethyl adjacent to an activating group) is 1. The molecule has 5 rings (SSSR count). The zero-order valence-corrected chi connectivity index (χ0v) is 14.1. The van der Waals surface area contributed by atoms with Crippen molar-refractivity contribution in [3.05, 3.63) is 0 Å². The van der Waals surface area contributed by atoms with Gasteiger partial charge in [0, 0.05) is 12.6 Å². The van der Waals surface area contributed by atoms with E-state index in [0.717, 1.165) is 30.1 Å². The highest BCUT2D eigenvalue weighted by atomic mass is 16.4. The average molecular weight is 320 g/mol. The first-order chi connectivity index (χ1) is 11.0. The van der Waals surface area contributed by atoms with Gasteiger partial charge in [-0.15, -0.1) is 0 Å². The minimum atomic E-state index is -1.41. The Balaban J connectivity index is 1.40. The summed E-state index contributed by atoms with van der Waals surface area (Å²) in [6, 6.07) is 0.562. The molecular formula is C17H29BN2O3. The summed E-state index contributed by atoms with van der Waals surface area (Å²) in [5, 5.41) is 18.9. The molecule has 4 aliphatic carbocycles. The van der Waals surface area contributed by atoms with Gasteiger partial charge in [0.15, 0.2) is 0 Å². The van der Waals surface area contributed by atoms with Crippen molar-refractivity contribution in [3.63, 3.8) is 0 Å². The van der Waals surface area contributed by atoms with E-state index >= 15 is 0 Å². The van der Waals surface area contributed by atoms with Crippen LogP contribution in [-0.4, -0.2) is 65.0 Å². The monoisotopic (exact) mass is 320 g/mol. The zero-order valence-electron chi connectivity index (χ0n) is 14.1. The molecule has 1 heterocycles. The molecule has 4 bridgehead atoms. The molecule has 5 nitrogen and oxygen atoms in total. The van der Waals surface area contributed by atoms with Crippen molar-refractivity contribution in [3.8, 4) is 0 Å². The van der Waals surface area contributed by atoms with Gasteiger partial charge in [-0.05, 0) is 75.7 Å². The Morgan fingerprint density at radius 1 is 1.13 bits per heavy atom. The minimum absolute atomic E-state index is 0.0666. The quantitative estimate of drug-likeness (QED) is 0.750. The van der Waals surface area contributed by atoms with Gasteiger partial charge in [0.25, 0.3) is 0 Å². The van der Waals surface area contributed by atoms with Crippen LogP contribution in [0.5, 0.6) is 0 Å². The summed E-state index contributed by atoms with van der Waals surface area (Å²) in [6.45, 7) is 1.09. The number of rotatable bonds is 4. The topological polar surface area (TPSA) is 64.0 Å². The Morgan fingerprint density at radius 3 is 2.30 bits per heavy atom. The molecule has 5 aliphatic rings. The Bertz CT molecular complexity index is 445. The number of hydrogen-bond donors (Lipinski definition) is 2. The third-order valence-corrected chi connectivity index (χ3v) is 7.03. The highest BCUT2D eigenvalue weighted by Gasteiger charge is 2.49. The fraction of sp³-hybridized carbons (Fsp3) is 0.941. The SMILES string of the molecule is CN(CC(=O)N1CCC[C@@H]1B(O)O)C1C2CC3CC(C2)CC1C3. The van der Waals surface area contributed by atoms with Crippen molar-refractivity contribution in [1.82, 2.24) is 9.80 Å². The number of hydrogen-bond acceptors (Lipinski definition) is 4. The summed E-state index contributed by atoms with van der Waals surface area (Å²) in [7, 11) is 0.693. The maximum Gasteiger partial charge on any atom is 0.475 e. The third kappa shape index (κ3) is 2.83. The predicted octanol–water partition coefficient (Wildman–Crippen LogP) is 0.746. The van der Waals surface area contributed by atoms with Crippen LogP contribution in [0.1, 0.15) is 44.9 Å². The number of amides is 1. The van der Waals surface area contributed by atoms with Crippen molar-refractivity contribution in [1.29, 1.82) is 0 Å². The van der Waals surface area contributed by atoms with Gasteiger partial charge in [-0.25, -0.2) is 0 Å². The van der Waals surface area contributed by atoms with Crippen LogP contribution in [0.3, 0.4) is 0 Å². The van der Waals surface area contributed by atoms with Crippen LogP contribution in [0.25, 0.3) is 0 Å². The number of carbonyl (C=O) groups is 1. The van der Waals surface area contributed by atoms with E-state index in [2.05, 4.69) is 11.9 Å². The first kappa shape index (κ1) is 15.9. The van der Waals surface area contributed by atoms with Crippen molar-refractivity contribution in [2.24, 2.45) is 23.7 Å². The molecule has 0 radical (unpaired) electrons. The molecule has 0 aromatic carbocycles. The molecule has 1 aliphatic heterocycles. The lowest BCUT2D eigenvalue weighted by Gasteiger charge is -2.56. The molecule has 6 heteroatoms. The lowest BCUT2D eigenvalue weighted by molar-refractivity contribution is -0.135.